The molecule has 0 spiro atoms. The molecular weight excluding hydrogens is 252 g/mol. The lowest BCUT2D eigenvalue weighted by Gasteiger charge is -2.18. The molecule has 17 heavy (non-hydrogen) atoms. The number of thiophene rings is 1. The maximum absolute atomic E-state index is 10.2. The Morgan fingerprint density at radius 2 is 1.88 bits per heavy atom. The molecule has 90 valence electrons. The summed E-state index contributed by atoms with van der Waals surface area (Å²) in [6.07, 6.45) is 0.292. The molecule has 1 aromatic heterocycles. The molecule has 3 heteroatoms. The SMILES string of the molecule is CC(c1ccccc1)C(O)Cc1ccc(Cl)s1. The molecule has 0 bridgehead atoms. The second kappa shape index (κ2) is 5.67. The Labute approximate surface area is 111 Å². The number of aliphatic hydroxyl groups is 1. The van der Waals surface area contributed by atoms with E-state index in [9.17, 15) is 5.11 Å². The highest BCUT2D eigenvalue weighted by atomic mass is 35.5. The summed E-state index contributed by atoms with van der Waals surface area (Å²) in [6, 6.07) is 13.9. The molecule has 0 aliphatic carbocycles. The smallest absolute Gasteiger partial charge is 0.0931 e. The standard InChI is InChI=1S/C14H15ClOS/c1-10(11-5-3-2-4-6-11)13(16)9-12-7-8-14(15)17-12/h2-8,10,13,16H,9H2,1H3. The van der Waals surface area contributed by atoms with E-state index >= 15 is 0 Å². The Morgan fingerprint density at radius 1 is 1.18 bits per heavy atom. The summed E-state index contributed by atoms with van der Waals surface area (Å²) < 4.78 is 0.777. The molecule has 1 aromatic carbocycles. The lowest BCUT2D eigenvalue weighted by Crippen LogP contribution is -2.18. The van der Waals surface area contributed by atoms with Gasteiger partial charge in [0.15, 0.2) is 0 Å². The average Bonchev–Trinajstić information content (AvgIpc) is 2.75. The van der Waals surface area contributed by atoms with Crippen LogP contribution in [-0.4, -0.2) is 11.2 Å². The van der Waals surface area contributed by atoms with Gasteiger partial charge in [-0.25, -0.2) is 0 Å². The summed E-state index contributed by atoms with van der Waals surface area (Å²) in [7, 11) is 0. The van der Waals surface area contributed by atoms with Gasteiger partial charge in [0.25, 0.3) is 0 Å². The monoisotopic (exact) mass is 266 g/mol. The first-order valence-electron chi connectivity index (χ1n) is 5.64. The minimum atomic E-state index is -0.368. The molecule has 0 aliphatic heterocycles. The fourth-order valence-corrected chi connectivity index (χ4v) is 2.96. The molecule has 0 radical (unpaired) electrons. The minimum absolute atomic E-state index is 0.136. The summed E-state index contributed by atoms with van der Waals surface area (Å²) in [5.74, 6) is 0.136. The van der Waals surface area contributed by atoms with Gasteiger partial charge in [0, 0.05) is 17.2 Å². The van der Waals surface area contributed by atoms with Crippen molar-refractivity contribution in [2.24, 2.45) is 0 Å². The Bertz CT molecular complexity index is 466. The third kappa shape index (κ3) is 3.32. The van der Waals surface area contributed by atoms with Crippen LogP contribution < -0.4 is 0 Å². The first-order valence-corrected chi connectivity index (χ1v) is 6.83. The van der Waals surface area contributed by atoms with Crippen molar-refractivity contribution >= 4 is 22.9 Å². The highest BCUT2D eigenvalue weighted by Crippen LogP contribution is 2.26. The van der Waals surface area contributed by atoms with Crippen LogP contribution in [-0.2, 0) is 6.42 Å². The average molecular weight is 267 g/mol. The molecule has 1 heterocycles. The van der Waals surface area contributed by atoms with Crippen LogP contribution in [0.4, 0.5) is 0 Å². The zero-order chi connectivity index (χ0) is 12.3. The molecule has 2 unspecified atom stereocenters. The van der Waals surface area contributed by atoms with E-state index in [2.05, 4.69) is 19.1 Å². The summed E-state index contributed by atoms with van der Waals surface area (Å²) in [6.45, 7) is 2.05. The molecule has 2 rings (SSSR count). The van der Waals surface area contributed by atoms with Crippen LogP contribution in [0.5, 0.6) is 0 Å². The van der Waals surface area contributed by atoms with Gasteiger partial charge in [0.1, 0.15) is 0 Å². The van der Waals surface area contributed by atoms with E-state index in [1.807, 2.05) is 30.3 Å². The second-order valence-electron chi connectivity index (χ2n) is 4.18. The number of halogens is 1. The highest BCUT2D eigenvalue weighted by Gasteiger charge is 2.17. The summed E-state index contributed by atoms with van der Waals surface area (Å²) in [5, 5.41) is 10.2. The van der Waals surface area contributed by atoms with Crippen molar-refractivity contribution in [3.05, 3.63) is 57.2 Å². The van der Waals surface area contributed by atoms with Gasteiger partial charge in [-0.2, -0.15) is 0 Å². The molecular formula is C14H15ClOS. The Kier molecular flexibility index (Phi) is 4.21. The van der Waals surface area contributed by atoms with Crippen molar-refractivity contribution in [2.45, 2.75) is 25.4 Å². The van der Waals surface area contributed by atoms with E-state index in [0.29, 0.717) is 6.42 Å². The molecule has 2 aromatic rings. The molecule has 0 amide bonds. The predicted molar refractivity (Wildman–Crippen MR) is 73.9 cm³/mol. The normalized spacial score (nSPS) is 14.5. The molecule has 0 aliphatic rings. The minimum Gasteiger partial charge on any atom is -0.392 e. The molecule has 1 N–H and O–H groups in total. The van der Waals surface area contributed by atoms with Crippen molar-refractivity contribution in [1.29, 1.82) is 0 Å². The third-order valence-electron chi connectivity index (χ3n) is 2.94. The van der Waals surface area contributed by atoms with Crippen molar-refractivity contribution in [1.82, 2.24) is 0 Å². The van der Waals surface area contributed by atoms with Gasteiger partial charge in [0.05, 0.1) is 10.4 Å². The van der Waals surface area contributed by atoms with Crippen molar-refractivity contribution in [3.63, 3.8) is 0 Å². The van der Waals surface area contributed by atoms with Crippen molar-refractivity contribution in [3.8, 4) is 0 Å². The lowest BCUT2D eigenvalue weighted by molar-refractivity contribution is 0.150. The first-order chi connectivity index (χ1) is 8.16. The van der Waals surface area contributed by atoms with E-state index in [-0.39, 0.29) is 12.0 Å². The lowest BCUT2D eigenvalue weighted by atomic mass is 9.93. The Morgan fingerprint density at radius 3 is 2.47 bits per heavy atom. The summed E-state index contributed by atoms with van der Waals surface area (Å²) in [5.41, 5.74) is 1.17. The fraction of sp³-hybridized carbons (Fsp3) is 0.286. The van der Waals surface area contributed by atoms with E-state index < -0.39 is 0 Å². The Balaban J connectivity index is 2.03. The van der Waals surface area contributed by atoms with E-state index in [4.69, 9.17) is 11.6 Å². The van der Waals surface area contributed by atoms with E-state index in [1.165, 1.54) is 16.9 Å². The van der Waals surface area contributed by atoms with Crippen LogP contribution in [0.25, 0.3) is 0 Å². The molecule has 0 fully saturated rings. The largest absolute Gasteiger partial charge is 0.392 e. The van der Waals surface area contributed by atoms with Gasteiger partial charge < -0.3 is 5.11 Å². The zero-order valence-electron chi connectivity index (χ0n) is 9.64. The van der Waals surface area contributed by atoms with Crippen LogP contribution in [0.1, 0.15) is 23.3 Å². The van der Waals surface area contributed by atoms with E-state index in [0.717, 1.165) is 9.21 Å². The van der Waals surface area contributed by atoms with Gasteiger partial charge in [-0.3, -0.25) is 0 Å². The van der Waals surface area contributed by atoms with Gasteiger partial charge in [-0.1, -0.05) is 48.9 Å². The summed E-state index contributed by atoms with van der Waals surface area (Å²) in [4.78, 5) is 1.13. The number of hydrogen-bond acceptors (Lipinski definition) is 2. The maximum Gasteiger partial charge on any atom is 0.0931 e. The fourth-order valence-electron chi connectivity index (χ4n) is 1.82. The highest BCUT2D eigenvalue weighted by molar-refractivity contribution is 7.16. The van der Waals surface area contributed by atoms with Crippen LogP contribution in [0.15, 0.2) is 42.5 Å². The number of hydrogen-bond donors (Lipinski definition) is 1. The quantitative estimate of drug-likeness (QED) is 0.883. The topological polar surface area (TPSA) is 20.2 Å². The Hall–Kier alpha value is -0.830. The predicted octanol–water partition coefficient (Wildman–Crippen LogP) is 4.11. The first kappa shape index (κ1) is 12.6. The van der Waals surface area contributed by atoms with Crippen molar-refractivity contribution < 1.29 is 5.11 Å². The molecule has 0 saturated carbocycles. The third-order valence-corrected chi connectivity index (χ3v) is 4.20. The van der Waals surface area contributed by atoms with Gasteiger partial charge in [-0.05, 0) is 17.7 Å². The van der Waals surface area contributed by atoms with Gasteiger partial charge in [-0.15, -0.1) is 11.3 Å². The van der Waals surface area contributed by atoms with Crippen molar-refractivity contribution in [2.75, 3.05) is 0 Å². The zero-order valence-corrected chi connectivity index (χ0v) is 11.2. The van der Waals surface area contributed by atoms with Crippen LogP contribution in [0, 0.1) is 0 Å². The van der Waals surface area contributed by atoms with Crippen LogP contribution in [0.2, 0.25) is 4.34 Å². The summed E-state index contributed by atoms with van der Waals surface area (Å²) >= 11 is 7.41. The molecule has 1 nitrogen and oxygen atoms in total. The van der Waals surface area contributed by atoms with E-state index in [1.54, 1.807) is 0 Å². The van der Waals surface area contributed by atoms with Gasteiger partial charge in [0.2, 0.25) is 0 Å². The number of aliphatic hydroxyl groups excluding tert-OH is 1. The van der Waals surface area contributed by atoms with Crippen LogP contribution in [0.3, 0.4) is 0 Å². The van der Waals surface area contributed by atoms with Gasteiger partial charge >= 0.3 is 0 Å². The molecule has 2 atom stereocenters. The maximum atomic E-state index is 10.2. The second-order valence-corrected chi connectivity index (χ2v) is 5.98. The molecule has 0 saturated heterocycles. The number of benzene rings is 1. The number of rotatable bonds is 4. The van der Waals surface area contributed by atoms with Crippen LogP contribution >= 0.6 is 22.9 Å².